The number of nitrogens with zero attached hydrogens (tertiary/aromatic N) is 2. The number of aromatic nitrogens is 2. The summed E-state index contributed by atoms with van der Waals surface area (Å²) >= 11 is 0. The largest absolute Gasteiger partial charge is 0.493 e. The van der Waals surface area contributed by atoms with Crippen LogP contribution in [0.25, 0.3) is 6.08 Å². The lowest BCUT2D eigenvalue weighted by molar-refractivity contribution is -0.135. The summed E-state index contributed by atoms with van der Waals surface area (Å²) in [6, 6.07) is 17.8. The first-order valence-electron chi connectivity index (χ1n) is 12.1. The van der Waals surface area contributed by atoms with Gasteiger partial charge < -0.3 is 23.7 Å². The molecule has 3 aromatic carbocycles. The molecule has 0 saturated carbocycles. The van der Waals surface area contributed by atoms with Crippen molar-refractivity contribution in [2.75, 3.05) is 14.2 Å². The summed E-state index contributed by atoms with van der Waals surface area (Å²) in [6.45, 7) is 0. The van der Waals surface area contributed by atoms with Crippen LogP contribution in [0.5, 0.6) is 34.8 Å². The van der Waals surface area contributed by atoms with Gasteiger partial charge in [-0.1, -0.05) is 18.2 Å². The summed E-state index contributed by atoms with van der Waals surface area (Å²) in [6.07, 6.45) is 4.89. The van der Waals surface area contributed by atoms with Crippen LogP contribution in [-0.2, 0) is 4.79 Å². The van der Waals surface area contributed by atoms with Gasteiger partial charge in [0, 0.05) is 23.9 Å². The molecule has 0 radical (unpaired) electrons. The molecule has 0 fully saturated rings. The van der Waals surface area contributed by atoms with E-state index < -0.39 is 5.92 Å². The quantitative estimate of drug-likeness (QED) is 0.188. The zero-order valence-electron chi connectivity index (χ0n) is 21.0. The van der Waals surface area contributed by atoms with Gasteiger partial charge in [-0.3, -0.25) is 9.59 Å². The molecule has 9 heteroatoms. The molecule has 4 aromatic rings. The summed E-state index contributed by atoms with van der Waals surface area (Å²) in [4.78, 5) is 34.1. The zero-order chi connectivity index (χ0) is 26.9. The monoisotopic (exact) mass is 522 g/mol. The maximum absolute atomic E-state index is 13.3. The molecule has 1 atom stereocenters. The van der Waals surface area contributed by atoms with E-state index in [4.69, 9.17) is 23.7 Å². The van der Waals surface area contributed by atoms with E-state index in [0.717, 1.165) is 5.56 Å². The number of Topliss-reactive ketones (excluding diaryl/α,β-unsaturated/α-hetero) is 1. The molecule has 0 spiro atoms. The van der Waals surface area contributed by atoms with Crippen LogP contribution in [0.4, 0.5) is 0 Å². The predicted molar refractivity (Wildman–Crippen MR) is 140 cm³/mol. The topological polar surface area (TPSA) is 106 Å². The van der Waals surface area contributed by atoms with Crippen molar-refractivity contribution in [3.05, 3.63) is 101 Å². The number of methoxy groups -OCH3 is 2. The zero-order valence-corrected chi connectivity index (χ0v) is 21.0. The average Bonchev–Trinajstić information content (AvgIpc) is 3.27. The molecule has 39 heavy (non-hydrogen) atoms. The Kier molecular flexibility index (Phi) is 6.16. The number of rotatable bonds is 6. The Bertz CT molecular complexity index is 1630. The Morgan fingerprint density at radius 1 is 0.897 bits per heavy atom. The molecular weight excluding hydrogens is 500 g/mol. The van der Waals surface area contributed by atoms with Crippen LogP contribution in [-0.4, -0.2) is 35.9 Å². The Morgan fingerprint density at radius 3 is 2.51 bits per heavy atom. The lowest BCUT2D eigenvalue weighted by Crippen LogP contribution is -2.21. The smallest absolute Gasteiger partial charge is 0.321 e. The fourth-order valence-corrected chi connectivity index (χ4v) is 4.72. The van der Waals surface area contributed by atoms with Gasteiger partial charge in [-0.05, 0) is 59.7 Å². The van der Waals surface area contributed by atoms with E-state index >= 15 is 0 Å². The lowest BCUT2D eigenvalue weighted by Gasteiger charge is -2.26. The Morgan fingerprint density at radius 2 is 1.72 bits per heavy atom. The van der Waals surface area contributed by atoms with Gasteiger partial charge in [0.1, 0.15) is 17.2 Å². The standard InChI is InChI=1S/C30H22N2O7/c1-35-22-9-7-17(13-24(22)36-2)14-25-28(34)20-8-10-23-27(29(20)39-25)21(16-26(33)38-23)18-5-3-6-19(15-18)37-30-31-11-4-12-32-30/h3-15,21H,16H2,1-2H3. The Labute approximate surface area is 223 Å². The van der Waals surface area contributed by atoms with Gasteiger partial charge in [0.15, 0.2) is 17.3 Å². The summed E-state index contributed by atoms with van der Waals surface area (Å²) in [5.74, 6) is 1.43. The van der Waals surface area contributed by atoms with Crippen molar-refractivity contribution in [1.29, 1.82) is 0 Å². The number of benzene rings is 3. The highest BCUT2D eigenvalue weighted by Crippen LogP contribution is 2.49. The molecule has 2 aliphatic rings. The second-order valence-corrected chi connectivity index (χ2v) is 8.84. The van der Waals surface area contributed by atoms with Crippen molar-refractivity contribution in [2.45, 2.75) is 12.3 Å². The van der Waals surface area contributed by atoms with Gasteiger partial charge >= 0.3 is 12.0 Å². The molecule has 0 N–H and O–H groups in total. The molecule has 2 aliphatic heterocycles. The van der Waals surface area contributed by atoms with E-state index in [0.29, 0.717) is 45.4 Å². The molecule has 0 amide bonds. The summed E-state index contributed by atoms with van der Waals surface area (Å²) in [5.41, 5.74) is 2.52. The van der Waals surface area contributed by atoms with Crippen LogP contribution < -0.4 is 23.7 Å². The third kappa shape index (κ3) is 4.54. The van der Waals surface area contributed by atoms with Crippen molar-refractivity contribution in [3.8, 4) is 34.8 Å². The molecular formula is C30H22N2O7. The van der Waals surface area contributed by atoms with Crippen molar-refractivity contribution in [2.24, 2.45) is 0 Å². The van der Waals surface area contributed by atoms with Crippen LogP contribution in [0.15, 0.2) is 78.8 Å². The van der Waals surface area contributed by atoms with E-state index in [2.05, 4.69) is 9.97 Å². The number of hydrogen-bond acceptors (Lipinski definition) is 9. The third-order valence-electron chi connectivity index (χ3n) is 6.50. The first-order valence-corrected chi connectivity index (χ1v) is 12.1. The van der Waals surface area contributed by atoms with Gasteiger partial charge in [-0.15, -0.1) is 0 Å². The van der Waals surface area contributed by atoms with Crippen LogP contribution in [0.2, 0.25) is 0 Å². The number of ketones is 1. The minimum absolute atomic E-state index is 0.0705. The second kappa shape index (κ2) is 9.94. The highest BCUT2D eigenvalue weighted by molar-refractivity contribution is 6.15. The minimum Gasteiger partial charge on any atom is -0.493 e. The molecule has 6 rings (SSSR count). The van der Waals surface area contributed by atoms with Crippen molar-refractivity contribution >= 4 is 17.8 Å². The Balaban J connectivity index is 1.38. The fraction of sp³-hybridized carbons (Fsp3) is 0.133. The highest BCUT2D eigenvalue weighted by atomic mass is 16.5. The van der Waals surface area contributed by atoms with Gasteiger partial charge in [0.25, 0.3) is 0 Å². The van der Waals surface area contributed by atoms with Crippen LogP contribution in [0, 0.1) is 0 Å². The summed E-state index contributed by atoms with van der Waals surface area (Å²) < 4.78 is 28.2. The number of fused-ring (bicyclic) bond motifs is 3. The van der Waals surface area contributed by atoms with E-state index in [1.807, 2.05) is 18.2 Å². The molecule has 0 bridgehead atoms. The first kappa shape index (κ1) is 24.2. The number of carbonyl (C=O) groups excluding carboxylic acids is 2. The predicted octanol–water partition coefficient (Wildman–Crippen LogP) is 5.34. The van der Waals surface area contributed by atoms with E-state index in [1.165, 1.54) is 0 Å². The number of allylic oxidation sites excluding steroid dienone is 1. The van der Waals surface area contributed by atoms with Gasteiger partial charge in [0.05, 0.1) is 26.2 Å². The molecule has 0 saturated heterocycles. The van der Waals surface area contributed by atoms with Crippen LogP contribution >= 0.6 is 0 Å². The summed E-state index contributed by atoms with van der Waals surface area (Å²) in [5, 5.41) is 0. The highest BCUT2D eigenvalue weighted by Gasteiger charge is 2.38. The molecule has 1 aromatic heterocycles. The summed E-state index contributed by atoms with van der Waals surface area (Å²) in [7, 11) is 3.10. The Hall–Kier alpha value is -5.18. The fourth-order valence-electron chi connectivity index (χ4n) is 4.72. The van der Waals surface area contributed by atoms with Crippen molar-refractivity contribution < 1.29 is 33.3 Å². The lowest BCUT2D eigenvalue weighted by atomic mass is 9.84. The molecule has 9 nitrogen and oxygen atoms in total. The SMILES string of the molecule is COc1ccc(C=C2Oc3c(ccc4c3C(c3cccc(Oc5ncccn5)c3)CC(=O)O4)C2=O)cc1OC. The average molecular weight is 523 g/mol. The van der Waals surface area contributed by atoms with Crippen LogP contribution in [0.1, 0.15) is 39.4 Å². The number of ether oxygens (including phenoxy) is 5. The molecule has 1 unspecified atom stereocenters. The maximum atomic E-state index is 13.3. The molecule has 194 valence electrons. The van der Waals surface area contributed by atoms with Gasteiger partial charge in [-0.2, -0.15) is 0 Å². The van der Waals surface area contributed by atoms with E-state index in [-0.39, 0.29) is 29.9 Å². The maximum Gasteiger partial charge on any atom is 0.321 e. The van der Waals surface area contributed by atoms with Crippen molar-refractivity contribution in [1.82, 2.24) is 9.97 Å². The van der Waals surface area contributed by atoms with Crippen LogP contribution in [0.3, 0.4) is 0 Å². The van der Waals surface area contributed by atoms with Gasteiger partial charge in [0.2, 0.25) is 5.78 Å². The van der Waals surface area contributed by atoms with Gasteiger partial charge in [-0.25, -0.2) is 9.97 Å². The number of esters is 1. The van der Waals surface area contributed by atoms with Crippen molar-refractivity contribution in [3.63, 3.8) is 0 Å². The number of carbonyl (C=O) groups is 2. The minimum atomic E-state index is -0.426. The molecule has 0 aliphatic carbocycles. The molecule has 3 heterocycles. The number of hydrogen-bond donors (Lipinski definition) is 0. The third-order valence-corrected chi connectivity index (χ3v) is 6.50. The normalized spacial score (nSPS) is 16.7. The van der Waals surface area contributed by atoms with E-state index in [1.54, 1.807) is 75.2 Å². The second-order valence-electron chi connectivity index (χ2n) is 8.84. The van der Waals surface area contributed by atoms with E-state index in [9.17, 15) is 9.59 Å². The first-order chi connectivity index (χ1) is 19.0.